The van der Waals surface area contributed by atoms with Gasteiger partial charge in [0.05, 0.1) is 13.2 Å². The number of ether oxygens (including phenoxy) is 2. The third-order valence-electron chi connectivity index (χ3n) is 6.19. The number of fused-ring (bicyclic) bond motifs is 3. The van der Waals surface area contributed by atoms with Gasteiger partial charge in [-0.3, -0.25) is 4.79 Å². The second-order valence-corrected chi connectivity index (χ2v) is 8.32. The molecule has 2 aliphatic rings. The van der Waals surface area contributed by atoms with Crippen LogP contribution in [0.4, 0.5) is 0 Å². The lowest BCUT2D eigenvalue weighted by Crippen LogP contribution is -2.29. The van der Waals surface area contributed by atoms with Crippen LogP contribution in [-0.2, 0) is 33.9 Å². The summed E-state index contributed by atoms with van der Waals surface area (Å²) >= 11 is 0. The molecule has 1 heterocycles. The number of allylic oxidation sites excluding steroid dienone is 1. The molecule has 5 heteroatoms. The summed E-state index contributed by atoms with van der Waals surface area (Å²) in [6.45, 7) is 0.349. The zero-order valence-corrected chi connectivity index (χ0v) is 17.7. The number of hydrogen-bond donors (Lipinski definition) is 2. The van der Waals surface area contributed by atoms with Crippen LogP contribution in [0, 0.1) is 0 Å². The van der Waals surface area contributed by atoms with Crippen molar-refractivity contribution in [2.24, 2.45) is 5.73 Å². The molecule has 0 bridgehead atoms. The molecule has 1 aliphatic heterocycles. The molecule has 0 saturated carbocycles. The van der Waals surface area contributed by atoms with Crippen molar-refractivity contribution in [1.82, 2.24) is 0 Å². The zero-order chi connectivity index (χ0) is 22.1. The molecule has 0 spiro atoms. The number of primary amides is 1. The fourth-order valence-electron chi connectivity index (χ4n) is 4.49. The fourth-order valence-corrected chi connectivity index (χ4v) is 4.49. The number of amides is 1. The standard InChI is InChI=1S/C27H25NO4/c28-27(30)25-13-21(14-26(32-25)31-16-18-7-5-17(15-29)6-8-18)19-9-10-24-22(11-19)12-20-3-1-2-4-23(20)24/h1-11,13,21,26,29H,12,14-16H2,(H2,28,30)/t21-,26+/m1/s1. The normalized spacial score (nSPS) is 19.0. The molecular formula is C27H25NO4. The van der Waals surface area contributed by atoms with E-state index >= 15 is 0 Å². The SMILES string of the molecule is NC(=O)C1=C[C@@H](c2ccc3c(c2)Cc2ccccc2-3)C[C@@H](OCc2ccc(CO)cc2)O1. The fraction of sp³-hybridized carbons (Fsp3) is 0.222. The molecule has 5 rings (SSSR count). The molecule has 2 atom stereocenters. The monoisotopic (exact) mass is 427 g/mol. The summed E-state index contributed by atoms with van der Waals surface area (Å²) in [5.74, 6) is -0.475. The van der Waals surface area contributed by atoms with Gasteiger partial charge in [0.2, 0.25) is 6.29 Å². The van der Waals surface area contributed by atoms with Crippen LogP contribution in [-0.4, -0.2) is 17.3 Å². The topological polar surface area (TPSA) is 81.8 Å². The van der Waals surface area contributed by atoms with Crippen molar-refractivity contribution in [1.29, 1.82) is 0 Å². The number of rotatable bonds is 6. The van der Waals surface area contributed by atoms with Crippen molar-refractivity contribution >= 4 is 5.91 Å². The first-order chi connectivity index (χ1) is 15.6. The van der Waals surface area contributed by atoms with Crippen LogP contribution in [0.15, 0.2) is 78.6 Å². The van der Waals surface area contributed by atoms with Gasteiger partial charge in [0.15, 0.2) is 5.76 Å². The van der Waals surface area contributed by atoms with E-state index in [4.69, 9.17) is 15.2 Å². The molecule has 0 unspecified atom stereocenters. The third-order valence-corrected chi connectivity index (χ3v) is 6.19. The quantitative estimate of drug-likeness (QED) is 0.484. The van der Waals surface area contributed by atoms with Crippen molar-refractivity contribution in [3.8, 4) is 11.1 Å². The average molecular weight is 428 g/mol. The van der Waals surface area contributed by atoms with Crippen LogP contribution >= 0.6 is 0 Å². The van der Waals surface area contributed by atoms with Gasteiger partial charge in [-0.15, -0.1) is 0 Å². The highest BCUT2D eigenvalue weighted by Gasteiger charge is 2.29. The highest BCUT2D eigenvalue weighted by molar-refractivity contribution is 5.90. The Morgan fingerprint density at radius 3 is 2.53 bits per heavy atom. The van der Waals surface area contributed by atoms with E-state index in [0.29, 0.717) is 13.0 Å². The van der Waals surface area contributed by atoms with Crippen molar-refractivity contribution in [2.45, 2.75) is 38.3 Å². The van der Waals surface area contributed by atoms with Crippen molar-refractivity contribution < 1.29 is 19.4 Å². The average Bonchev–Trinajstić information content (AvgIpc) is 3.20. The van der Waals surface area contributed by atoms with Gasteiger partial charge in [0.25, 0.3) is 5.91 Å². The summed E-state index contributed by atoms with van der Waals surface area (Å²) in [5.41, 5.74) is 13.7. The Bertz CT molecular complexity index is 1180. The minimum Gasteiger partial charge on any atom is -0.459 e. The Hall–Kier alpha value is -3.41. The molecule has 32 heavy (non-hydrogen) atoms. The summed E-state index contributed by atoms with van der Waals surface area (Å²) in [7, 11) is 0. The molecule has 162 valence electrons. The third kappa shape index (κ3) is 4.05. The zero-order valence-electron chi connectivity index (χ0n) is 17.7. The number of aliphatic hydroxyl groups excluding tert-OH is 1. The van der Waals surface area contributed by atoms with Crippen LogP contribution in [0.5, 0.6) is 0 Å². The van der Waals surface area contributed by atoms with Gasteiger partial charge in [-0.1, -0.05) is 66.7 Å². The summed E-state index contributed by atoms with van der Waals surface area (Å²) in [4.78, 5) is 11.9. The number of nitrogens with two attached hydrogens (primary N) is 1. The second-order valence-electron chi connectivity index (χ2n) is 8.32. The Labute approximate surface area is 187 Å². The van der Waals surface area contributed by atoms with Crippen LogP contribution in [0.1, 0.15) is 40.2 Å². The largest absolute Gasteiger partial charge is 0.459 e. The Balaban J connectivity index is 1.34. The first-order valence-corrected chi connectivity index (χ1v) is 10.8. The maximum Gasteiger partial charge on any atom is 0.283 e. The molecule has 3 aromatic rings. The molecule has 0 saturated heterocycles. The Morgan fingerprint density at radius 1 is 1.00 bits per heavy atom. The highest BCUT2D eigenvalue weighted by atomic mass is 16.7. The number of hydrogen-bond acceptors (Lipinski definition) is 4. The molecule has 0 aromatic heterocycles. The lowest BCUT2D eigenvalue weighted by Gasteiger charge is -2.29. The van der Waals surface area contributed by atoms with E-state index in [1.165, 1.54) is 22.3 Å². The highest BCUT2D eigenvalue weighted by Crippen LogP contribution is 2.39. The molecule has 3 N–H and O–H groups in total. The minimum atomic E-state index is -0.593. The van der Waals surface area contributed by atoms with E-state index in [1.54, 1.807) is 0 Å². The maximum absolute atomic E-state index is 11.9. The van der Waals surface area contributed by atoms with E-state index < -0.39 is 12.2 Å². The van der Waals surface area contributed by atoms with E-state index in [9.17, 15) is 9.90 Å². The first kappa shape index (κ1) is 20.5. The molecule has 5 nitrogen and oxygen atoms in total. The molecule has 1 aliphatic carbocycles. The summed E-state index contributed by atoms with van der Waals surface area (Å²) in [5, 5.41) is 9.19. The summed E-state index contributed by atoms with van der Waals surface area (Å²) in [6, 6.07) is 22.5. The van der Waals surface area contributed by atoms with Gasteiger partial charge in [-0.05, 0) is 51.4 Å². The number of aliphatic hydroxyl groups is 1. The minimum absolute atomic E-state index is 0.00712. The maximum atomic E-state index is 11.9. The predicted octanol–water partition coefficient (Wildman–Crippen LogP) is 4.17. The van der Waals surface area contributed by atoms with E-state index in [0.717, 1.165) is 23.1 Å². The molecular weight excluding hydrogens is 402 g/mol. The van der Waals surface area contributed by atoms with Crippen molar-refractivity contribution in [3.05, 3.63) is 106 Å². The van der Waals surface area contributed by atoms with Crippen LogP contribution in [0.2, 0.25) is 0 Å². The van der Waals surface area contributed by atoms with Crippen LogP contribution in [0.3, 0.4) is 0 Å². The van der Waals surface area contributed by atoms with Gasteiger partial charge in [-0.25, -0.2) is 0 Å². The molecule has 3 aromatic carbocycles. The Morgan fingerprint density at radius 2 is 1.75 bits per heavy atom. The van der Waals surface area contributed by atoms with Crippen LogP contribution in [0.25, 0.3) is 11.1 Å². The lowest BCUT2D eigenvalue weighted by atomic mass is 9.90. The van der Waals surface area contributed by atoms with Crippen molar-refractivity contribution in [3.63, 3.8) is 0 Å². The lowest BCUT2D eigenvalue weighted by molar-refractivity contribution is -0.148. The second kappa shape index (κ2) is 8.61. The van der Waals surface area contributed by atoms with Gasteiger partial charge in [0.1, 0.15) is 0 Å². The van der Waals surface area contributed by atoms with Gasteiger partial charge in [-0.2, -0.15) is 0 Å². The van der Waals surface area contributed by atoms with Gasteiger partial charge in [0, 0.05) is 12.3 Å². The number of carbonyl (C=O) groups excluding carboxylic acids is 1. The molecule has 1 amide bonds. The Kier molecular flexibility index (Phi) is 5.52. The van der Waals surface area contributed by atoms with E-state index in [2.05, 4.69) is 42.5 Å². The molecule has 0 fully saturated rings. The number of benzene rings is 3. The summed E-state index contributed by atoms with van der Waals surface area (Å²) < 4.78 is 11.7. The van der Waals surface area contributed by atoms with E-state index in [1.807, 2.05) is 30.3 Å². The number of carbonyl (C=O) groups is 1. The molecule has 0 radical (unpaired) electrons. The van der Waals surface area contributed by atoms with Gasteiger partial charge >= 0.3 is 0 Å². The van der Waals surface area contributed by atoms with Crippen LogP contribution < -0.4 is 5.73 Å². The first-order valence-electron chi connectivity index (χ1n) is 10.8. The smallest absolute Gasteiger partial charge is 0.283 e. The predicted molar refractivity (Wildman–Crippen MR) is 121 cm³/mol. The van der Waals surface area contributed by atoms with E-state index in [-0.39, 0.29) is 18.3 Å². The van der Waals surface area contributed by atoms with Gasteiger partial charge < -0.3 is 20.3 Å². The van der Waals surface area contributed by atoms with Crippen molar-refractivity contribution in [2.75, 3.05) is 0 Å². The summed E-state index contributed by atoms with van der Waals surface area (Å²) in [6.07, 6.45) is 2.74.